The van der Waals surface area contributed by atoms with E-state index in [0.29, 0.717) is 41.1 Å². The molecular weight excluding hydrogens is 486 g/mol. The Labute approximate surface area is 211 Å². The lowest BCUT2D eigenvalue weighted by atomic mass is 10.1. The zero-order valence-electron chi connectivity index (χ0n) is 19.4. The number of benzene rings is 2. The van der Waals surface area contributed by atoms with Crippen LogP contribution in [0.2, 0.25) is 5.02 Å². The lowest BCUT2D eigenvalue weighted by Gasteiger charge is -2.15. The van der Waals surface area contributed by atoms with E-state index in [1.165, 1.54) is 0 Å². The normalized spacial score (nSPS) is 23.1. The third-order valence-corrected chi connectivity index (χ3v) is 6.63. The Morgan fingerprint density at radius 1 is 1.00 bits per heavy atom. The van der Waals surface area contributed by atoms with Crippen molar-refractivity contribution in [3.63, 3.8) is 0 Å². The van der Waals surface area contributed by atoms with Crippen LogP contribution in [0.15, 0.2) is 54.6 Å². The molecule has 2 aromatic heterocycles. The van der Waals surface area contributed by atoms with Crippen molar-refractivity contribution in [2.75, 3.05) is 20.3 Å². The number of methoxy groups -OCH3 is 1. The largest absolute Gasteiger partial charge is 0.497 e. The van der Waals surface area contributed by atoms with Crippen molar-refractivity contribution in [3.8, 4) is 28.8 Å². The number of ether oxygens (including phenoxy) is 5. The van der Waals surface area contributed by atoms with Crippen molar-refractivity contribution in [2.24, 2.45) is 0 Å². The summed E-state index contributed by atoms with van der Waals surface area (Å²) in [5.41, 5.74) is 3.62. The fourth-order valence-electron chi connectivity index (χ4n) is 4.44. The topological polar surface area (TPSA) is 108 Å². The molecular formula is C26H24ClN3O6. The van der Waals surface area contributed by atoms with Crippen LogP contribution in [0.5, 0.6) is 17.5 Å². The average Bonchev–Trinajstić information content (AvgIpc) is 3.59. The maximum atomic E-state index is 9.92. The maximum absolute atomic E-state index is 9.92. The van der Waals surface area contributed by atoms with Gasteiger partial charge in [0.15, 0.2) is 11.8 Å². The second kappa shape index (κ2) is 9.59. The summed E-state index contributed by atoms with van der Waals surface area (Å²) in [6.07, 6.45) is -1.71. The first-order valence-electron chi connectivity index (χ1n) is 11.6. The quantitative estimate of drug-likeness (QED) is 0.387. The molecule has 2 saturated heterocycles. The van der Waals surface area contributed by atoms with Crippen LogP contribution in [0, 0.1) is 0 Å². The zero-order chi connectivity index (χ0) is 24.6. The molecule has 9 nitrogen and oxygen atoms in total. The van der Waals surface area contributed by atoms with Crippen LogP contribution in [0.3, 0.4) is 0 Å². The number of nitrogens with zero attached hydrogens (tertiary/aromatic N) is 2. The number of aliphatic hydroxyl groups excluding tert-OH is 1. The van der Waals surface area contributed by atoms with Crippen molar-refractivity contribution in [3.05, 3.63) is 65.2 Å². The molecule has 2 aliphatic heterocycles. The summed E-state index contributed by atoms with van der Waals surface area (Å²) in [4.78, 5) is 12.2. The van der Waals surface area contributed by atoms with E-state index in [-0.39, 0.29) is 24.9 Å². The van der Waals surface area contributed by atoms with Crippen LogP contribution >= 0.6 is 11.6 Å². The lowest BCUT2D eigenvalue weighted by molar-refractivity contribution is 0.00706. The van der Waals surface area contributed by atoms with E-state index < -0.39 is 6.10 Å². The van der Waals surface area contributed by atoms with E-state index in [9.17, 15) is 5.11 Å². The zero-order valence-corrected chi connectivity index (χ0v) is 20.1. The molecule has 0 amide bonds. The highest BCUT2D eigenvalue weighted by atomic mass is 35.5. The number of halogens is 1. The monoisotopic (exact) mass is 509 g/mol. The molecule has 6 rings (SSSR count). The molecule has 4 aromatic rings. The fourth-order valence-corrected chi connectivity index (χ4v) is 4.70. The van der Waals surface area contributed by atoms with Gasteiger partial charge in [0.05, 0.1) is 36.6 Å². The summed E-state index contributed by atoms with van der Waals surface area (Å²) in [5.74, 6) is 1.54. The Bertz CT molecular complexity index is 1360. The van der Waals surface area contributed by atoms with Gasteiger partial charge >= 0.3 is 0 Å². The summed E-state index contributed by atoms with van der Waals surface area (Å²) >= 11 is 6.55. The van der Waals surface area contributed by atoms with E-state index >= 15 is 0 Å². The molecule has 0 saturated carbocycles. The number of pyridine rings is 1. The average molecular weight is 510 g/mol. The van der Waals surface area contributed by atoms with Gasteiger partial charge in [-0.3, -0.25) is 0 Å². The standard InChI is InChI=1S/C26H24ClN3O6/c1-32-16-6-2-14(3-7-16)11-33-17-8-4-15(5-9-17)22-18(27)10-19-25(29-22)30-26(28-19)36-21-13-35-23-20(31)12-34-24(21)23/h2-10,20-21,23-24,31H,11-13H2,1H3,(H,28,29,30)/t20-,21-,23-,24-/m1/s1. The Morgan fingerprint density at radius 2 is 1.75 bits per heavy atom. The van der Waals surface area contributed by atoms with Crippen LogP contribution in [0.1, 0.15) is 5.56 Å². The second-order valence-electron chi connectivity index (χ2n) is 8.71. The van der Waals surface area contributed by atoms with Crippen LogP contribution in [-0.4, -0.2) is 64.8 Å². The highest BCUT2D eigenvalue weighted by Gasteiger charge is 2.48. The highest BCUT2D eigenvalue weighted by Crippen LogP contribution is 2.32. The second-order valence-corrected chi connectivity index (χ2v) is 9.12. The third-order valence-electron chi connectivity index (χ3n) is 6.34. The minimum atomic E-state index is -0.637. The number of H-pyrrole nitrogens is 1. The molecule has 2 aromatic carbocycles. The molecule has 2 fully saturated rings. The first kappa shape index (κ1) is 23.1. The smallest absolute Gasteiger partial charge is 0.296 e. The molecule has 0 bridgehead atoms. The maximum Gasteiger partial charge on any atom is 0.296 e. The number of hydrogen-bond donors (Lipinski definition) is 2. The van der Waals surface area contributed by atoms with E-state index in [2.05, 4.69) is 15.0 Å². The van der Waals surface area contributed by atoms with Gasteiger partial charge in [0.2, 0.25) is 0 Å². The number of rotatable bonds is 7. The number of aromatic amines is 1. The third kappa shape index (κ3) is 4.46. The number of aliphatic hydroxyl groups is 1. The van der Waals surface area contributed by atoms with Gasteiger partial charge in [0.1, 0.15) is 36.4 Å². The van der Waals surface area contributed by atoms with Crippen molar-refractivity contribution in [2.45, 2.75) is 31.0 Å². The van der Waals surface area contributed by atoms with E-state index in [1.807, 2.05) is 48.5 Å². The van der Waals surface area contributed by atoms with Gasteiger partial charge in [-0.15, -0.1) is 0 Å². The molecule has 4 heterocycles. The number of nitrogens with one attached hydrogen (secondary N) is 1. The predicted octanol–water partition coefficient (Wildman–Crippen LogP) is 3.77. The summed E-state index contributed by atoms with van der Waals surface area (Å²) < 4.78 is 28.3. The van der Waals surface area contributed by atoms with E-state index in [0.717, 1.165) is 22.6 Å². The SMILES string of the molecule is COc1ccc(COc2ccc(-c3nc4nc(O[C@@H]5CO[C@H]6[C@@H]5OC[C@H]6O)[nH]c4cc3Cl)cc2)cc1. The molecule has 10 heteroatoms. The van der Waals surface area contributed by atoms with Crippen molar-refractivity contribution >= 4 is 22.8 Å². The number of aromatic nitrogens is 3. The Kier molecular flexibility index (Phi) is 6.14. The van der Waals surface area contributed by atoms with Crippen molar-refractivity contribution in [1.29, 1.82) is 0 Å². The van der Waals surface area contributed by atoms with Crippen molar-refractivity contribution in [1.82, 2.24) is 15.0 Å². The minimum Gasteiger partial charge on any atom is -0.497 e. The summed E-state index contributed by atoms with van der Waals surface area (Å²) in [6.45, 7) is 0.999. The Morgan fingerprint density at radius 3 is 2.53 bits per heavy atom. The molecule has 4 atom stereocenters. The van der Waals surface area contributed by atoms with Crippen LogP contribution in [-0.2, 0) is 16.1 Å². The number of imidazole rings is 1. The highest BCUT2D eigenvalue weighted by molar-refractivity contribution is 6.33. The number of hydrogen-bond acceptors (Lipinski definition) is 8. The first-order valence-corrected chi connectivity index (χ1v) is 12.0. The van der Waals surface area contributed by atoms with Crippen LogP contribution in [0.4, 0.5) is 0 Å². The van der Waals surface area contributed by atoms with Gasteiger partial charge in [-0.2, -0.15) is 4.98 Å². The molecule has 2 aliphatic rings. The molecule has 0 spiro atoms. The summed E-state index contributed by atoms with van der Waals surface area (Å²) in [5, 5.41) is 10.4. The fraction of sp³-hybridized carbons (Fsp3) is 0.308. The predicted molar refractivity (Wildman–Crippen MR) is 132 cm³/mol. The minimum absolute atomic E-state index is 0.237. The van der Waals surface area contributed by atoms with E-state index in [4.69, 9.17) is 35.3 Å². The Hall–Kier alpha value is -3.37. The molecule has 0 aliphatic carbocycles. The van der Waals surface area contributed by atoms with Gasteiger partial charge in [-0.1, -0.05) is 23.7 Å². The van der Waals surface area contributed by atoms with Crippen LogP contribution in [0.25, 0.3) is 22.4 Å². The first-order chi connectivity index (χ1) is 17.6. The van der Waals surface area contributed by atoms with Crippen LogP contribution < -0.4 is 14.2 Å². The molecule has 0 unspecified atom stereocenters. The lowest BCUT2D eigenvalue weighted by Crippen LogP contribution is -2.34. The van der Waals surface area contributed by atoms with Gasteiger partial charge in [0, 0.05) is 5.56 Å². The Balaban J connectivity index is 1.15. The van der Waals surface area contributed by atoms with E-state index in [1.54, 1.807) is 13.2 Å². The van der Waals surface area contributed by atoms with Gasteiger partial charge in [0.25, 0.3) is 6.01 Å². The number of fused-ring (bicyclic) bond motifs is 2. The van der Waals surface area contributed by atoms with Gasteiger partial charge in [-0.25, -0.2) is 4.98 Å². The summed E-state index contributed by atoms with van der Waals surface area (Å²) in [7, 11) is 1.64. The van der Waals surface area contributed by atoms with Crippen molar-refractivity contribution < 1.29 is 28.8 Å². The molecule has 36 heavy (non-hydrogen) atoms. The van der Waals surface area contributed by atoms with Gasteiger partial charge in [-0.05, 0) is 48.0 Å². The molecule has 2 N–H and O–H groups in total. The van der Waals surface area contributed by atoms with Gasteiger partial charge < -0.3 is 33.8 Å². The summed E-state index contributed by atoms with van der Waals surface area (Å²) in [6, 6.07) is 17.4. The molecule has 0 radical (unpaired) electrons. The molecule has 186 valence electrons.